The highest BCUT2D eigenvalue weighted by Crippen LogP contribution is 2.40. The van der Waals surface area contributed by atoms with E-state index in [-0.39, 0.29) is 0 Å². The first-order valence-electron chi connectivity index (χ1n) is 9.18. The summed E-state index contributed by atoms with van der Waals surface area (Å²) in [4.78, 5) is 10.5. The molecule has 3 aliphatic rings. The molecule has 4 heteroatoms. The van der Waals surface area contributed by atoms with Crippen molar-refractivity contribution >= 4 is 0 Å². The number of nitrogens with zero attached hydrogens (tertiary/aromatic N) is 4. The lowest BCUT2D eigenvalue weighted by Gasteiger charge is -2.60. The van der Waals surface area contributed by atoms with E-state index in [1.54, 1.807) is 0 Å². The molecule has 0 aromatic rings. The Bertz CT molecular complexity index is 347. The lowest BCUT2D eigenvalue weighted by Crippen LogP contribution is -2.71. The summed E-state index contributed by atoms with van der Waals surface area (Å²) in [6.45, 7) is 0. The average molecular weight is 309 g/mol. The standard InChI is InChI=1S/C18H36N4/c1-19(2)15-11-17-18(12-16(15)20(3)4)22(6)14-10-8-7-9-13(14)21(17)5/h13-18H,7-12H2,1-6H3. The van der Waals surface area contributed by atoms with Crippen molar-refractivity contribution in [3.05, 3.63) is 0 Å². The van der Waals surface area contributed by atoms with Gasteiger partial charge in [0.05, 0.1) is 0 Å². The molecular weight excluding hydrogens is 272 g/mol. The lowest BCUT2D eigenvalue weighted by molar-refractivity contribution is -0.0949. The summed E-state index contributed by atoms with van der Waals surface area (Å²) in [5, 5.41) is 0. The van der Waals surface area contributed by atoms with Crippen LogP contribution in [0.5, 0.6) is 0 Å². The first-order valence-corrected chi connectivity index (χ1v) is 9.18. The van der Waals surface area contributed by atoms with Crippen molar-refractivity contribution in [2.75, 3.05) is 42.3 Å². The van der Waals surface area contributed by atoms with E-state index in [0.29, 0.717) is 12.1 Å². The van der Waals surface area contributed by atoms with E-state index < -0.39 is 0 Å². The van der Waals surface area contributed by atoms with Crippen LogP contribution in [0.1, 0.15) is 38.5 Å². The Labute approximate surface area is 137 Å². The zero-order valence-corrected chi connectivity index (χ0v) is 15.5. The highest BCUT2D eigenvalue weighted by atomic mass is 15.4. The van der Waals surface area contributed by atoms with Crippen molar-refractivity contribution in [1.82, 2.24) is 19.6 Å². The SMILES string of the molecule is CN(C)C1CC2C(CC1N(C)C)N(C)C1CCCCC1N2C. The van der Waals surface area contributed by atoms with Gasteiger partial charge in [-0.05, 0) is 68.0 Å². The summed E-state index contributed by atoms with van der Waals surface area (Å²) < 4.78 is 0. The van der Waals surface area contributed by atoms with Gasteiger partial charge in [-0.2, -0.15) is 0 Å². The topological polar surface area (TPSA) is 13.0 Å². The largest absolute Gasteiger partial charge is 0.305 e. The summed E-state index contributed by atoms with van der Waals surface area (Å²) >= 11 is 0. The normalized spacial score (nSPS) is 44.2. The van der Waals surface area contributed by atoms with Crippen LogP contribution < -0.4 is 0 Å². The second kappa shape index (κ2) is 6.39. The zero-order chi connectivity index (χ0) is 16.0. The average Bonchev–Trinajstić information content (AvgIpc) is 2.51. The number of rotatable bonds is 2. The van der Waals surface area contributed by atoms with Gasteiger partial charge in [-0.15, -0.1) is 0 Å². The van der Waals surface area contributed by atoms with Crippen LogP contribution in [-0.2, 0) is 0 Å². The molecule has 0 N–H and O–H groups in total. The van der Waals surface area contributed by atoms with Crippen LogP contribution in [0.3, 0.4) is 0 Å². The summed E-state index contributed by atoms with van der Waals surface area (Å²) in [5.41, 5.74) is 0. The molecule has 2 saturated carbocycles. The summed E-state index contributed by atoms with van der Waals surface area (Å²) in [5.74, 6) is 0. The van der Waals surface area contributed by atoms with Crippen molar-refractivity contribution in [1.29, 1.82) is 0 Å². The van der Waals surface area contributed by atoms with Crippen molar-refractivity contribution in [2.24, 2.45) is 0 Å². The molecule has 6 unspecified atom stereocenters. The third kappa shape index (κ3) is 2.72. The Morgan fingerprint density at radius 3 is 1.32 bits per heavy atom. The Kier molecular flexibility index (Phi) is 4.84. The number of hydrogen-bond donors (Lipinski definition) is 0. The van der Waals surface area contributed by atoms with Crippen LogP contribution in [0.25, 0.3) is 0 Å². The minimum Gasteiger partial charge on any atom is -0.305 e. The summed E-state index contributed by atoms with van der Waals surface area (Å²) in [6, 6.07) is 4.39. The van der Waals surface area contributed by atoms with Crippen molar-refractivity contribution in [2.45, 2.75) is 74.8 Å². The van der Waals surface area contributed by atoms with Gasteiger partial charge < -0.3 is 9.80 Å². The van der Waals surface area contributed by atoms with Crippen LogP contribution in [0.15, 0.2) is 0 Å². The Balaban J connectivity index is 1.84. The maximum atomic E-state index is 2.77. The van der Waals surface area contributed by atoms with Gasteiger partial charge in [0, 0.05) is 36.3 Å². The molecule has 4 nitrogen and oxygen atoms in total. The molecule has 0 amide bonds. The third-order valence-corrected chi connectivity index (χ3v) is 6.97. The van der Waals surface area contributed by atoms with E-state index in [1.165, 1.54) is 38.5 Å². The monoisotopic (exact) mass is 308 g/mol. The second-order valence-electron chi connectivity index (χ2n) is 8.42. The predicted octanol–water partition coefficient (Wildman–Crippen LogP) is 1.57. The van der Waals surface area contributed by atoms with E-state index in [9.17, 15) is 0 Å². The Morgan fingerprint density at radius 1 is 0.636 bits per heavy atom. The number of likely N-dealkylation sites (N-methyl/N-ethyl adjacent to an activating group) is 4. The van der Waals surface area contributed by atoms with Crippen molar-refractivity contribution < 1.29 is 0 Å². The minimum atomic E-state index is 0.673. The Morgan fingerprint density at radius 2 is 1.00 bits per heavy atom. The lowest BCUT2D eigenvalue weighted by atomic mass is 9.74. The quantitative estimate of drug-likeness (QED) is 0.767. The molecule has 0 bridgehead atoms. The zero-order valence-electron chi connectivity index (χ0n) is 15.5. The van der Waals surface area contributed by atoms with Gasteiger partial charge in [0.2, 0.25) is 0 Å². The van der Waals surface area contributed by atoms with Gasteiger partial charge >= 0.3 is 0 Å². The molecule has 3 fully saturated rings. The van der Waals surface area contributed by atoms with Crippen LogP contribution >= 0.6 is 0 Å². The first-order chi connectivity index (χ1) is 10.4. The maximum absolute atomic E-state index is 2.77. The molecule has 128 valence electrons. The van der Waals surface area contributed by atoms with Gasteiger partial charge in [-0.3, -0.25) is 9.80 Å². The van der Waals surface area contributed by atoms with E-state index in [4.69, 9.17) is 0 Å². The van der Waals surface area contributed by atoms with E-state index in [2.05, 4.69) is 61.9 Å². The van der Waals surface area contributed by atoms with Crippen molar-refractivity contribution in [3.63, 3.8) is 0 Å². The van der Waals surface area contributed by atoms with E-state index in [1.807, 2.05) is 0 Å². The third-order valence-electron chi connectivity index (χ3n) is 6.97. The smallest absolute Gasteiger partial charge is 0.0268 e. The van der Waals surface area contributed by atoms with Gasteiger partial charge in [-0.1, -0.05) is 12.8 Å². The molecule has 1 saturated heterocycles. The highest BCUT2D eigenvalue weighted by Gasteiger charge is 2.50. The molecule has 1 aliphatic heterocycles. The van der Waals surface area contributed by atoms with Gasteiger partial charge in [0.25, 0.3) is 0 Å². The molecule has 22 heavy (non-hydrogen) atoms. The number of piperazine rings is 1. The summed E-state index contributed by atoms with van der Waals surface area (Å²) in [7, 11) is 13.9. The van der Waals surface area contributed by atoms with Crippen LogP contribution in [0.4, 0.5) is 0 Å². The molecule has 1 heterocycles. The molecule has 0 aromatic carbocycles. The molecular formula is C18H36N4. The molecule has 0 aromatic heterocycles. The van der Waals surface area contributed by atoms with E-state index in [0.717, 1.165) is 24.2 Å². The second-order valence-corrected chi connectivity index (χ2v) is 8.42. The maximum Gasteiger partial charge on any atom is 0.0268 e. The molecule has 2 aliphatic carbocycles. The highest BCUT2D eigenvalue weighted by molar-refractivity contribution is 5.07. The molecule has 3 rings (SSSR count). The molecule has 6 atom stereocenters. The predicted molar refractivity (Wildman–Crippen MR) is 93.3 cm³/mol. The number of fused-ring (bicyclic) bond motifs is 2. The first kappa shape index (κ1) is 16.7. The fourth-order valence-electron chi connectivity index (χ4n) is 5.64. The fraction of sp³-hybridized carbons (Fsp3) is 1.00. The Hall–Kier alpha value is -0.160. The van der Waals surface area contributed by atoms with Gasteiger partial charge in [0.15, 0.2) is 0 Å². The van der Waals surface area contributed by atoms with Crippen LogP contribution in [0.2, 0.25) is 0 Å². The fourth-order valence-corrected chi connectivity index (χ4v) is 5.64. The minimum absolute atomic E-state index is 0.673. The van der Waals surface area contributed by atoms with E-state index >= 15 is 0 Å². The molecule has 0 radical (unpaired) electrons. The van der Waals surface area contributed by atoms with Crippen LogP contribution in [0, 0.1) is 0 Å². The van der Waals surface area contributed by atoms with Crippen LogP contribution in [-0.4, -0.2) is 98.1 Å². The summed E-state index contributed by atoms with van der Waals surface area (Å²) in [6.07, 6.45) is 8.27. The molecule has 0 spiro atoms. The van der Waals surface area contributed by atoms with Gasteiger partial charge in [-0.25, -0.2) is 0 Å². The number of hydrogen-bond acceptors (Lipinski definition) is 4. The van der Waals surface area contributed by atoms with Crippen molar-refractivity contribution in [3.8, 4) is 0 Å². The van der Waals surface area contributed by atoms with Gasteiger partial charge in [0.1, 0.15) is 0 Å².